The van der Waals surface area contributed by atoms with E-state index in [9.17, 15) is 9.59 Å². The summed E-state index contributed by atoms with van der Waals surface area (Å²) in [5.74, 6) is -0.285. The van der Waals surface area contributed by atoms with Crippen molar-refractivity contribution in [3.05, 3.63) is 47.3 Å². The van der Waals surface area contributed by atoms with Crippen LogP contribution in [0.25, 0.3) is 0 Å². The zero-order valence-corrected chi connectivity index (χ0v) is 12.7. The number of Topliss-reactive ketones (excluding diaryl/α,β-unsaturated/α-hetero) is 1. The van der Waals surface area contributed by atoms with Crippen molar-refractivity contribution in [1.29, 1.82) is 0 Å². The molecule has 1 aromatic carbocycles. The highest BCUT2D eigenvalue weighted by Gasteiger charge is 2.19. The summed E-state index contributed by atoms with van der Waals surface area (Å²) < 4.78 is 0. The Hall–Kier alpha value is -2.43. The van der Waals surface area contributed by atoms with E-state index in [0.717, 1.165) is 5.69 Å². The third-order valence-corrected chi connectivity index (χ3v) is 3.17. The lowest BCUT2D eigenvalue weighted by atomic mass is 9.92. The van der Waals surface area contributed by atoms with Gasteiger partial charge in [-0.05, 0) is 37.3 Å². The van der Waals surface area contributed by atoms with E-state index in [-0.39, 0.29) is 17.1 Å². The van der Waals surface area contributed by atoms with Gasteiger partial charge < -0.3 is 5.32 Å². The van der Waals surface area contributed by atoms with Gasteiger partial charge in [0.05, 0.1) is 0 Å². The molecule has 110 valence electrons. The fourth-order valence-corrected chi connectivity index (χ4v) is 1.81. The van der Waals surface area contributed by atoms with Crippen molar-refractivity contribution in [3.8, 4) is 0 Å². The lowest BCUT2D eigenvalue weighted by molar-refractivity contribution is 0.101. The quantitative estimate of drug-likeness (QED) is 0.851. The number of carbonyl (C=O) groups is 2. The zero-order valence-electron chi connectivity index (χ0n) is 12.7. The Kier molecular flexibility index (Phi) is 3.93. The molecule has 2 N–H and O–H groups in total. The second kappa shape index (κ2) is 5.52. The number of hydrogen-bond donors (Lipinski definition) is 2. The van der Waals surface area contributed by atoms with Gasteiger partial charge in [-0.1, -0.05) is 20.8 Å². The highest BCUT2D eigenvalue weighted by molar-refractivity contribution is 6.03. The van der Waals surface area contributed by atoms with Crippen LogP contribution in [0.4, 0.5) is 5.69 Å². The first kappa shape index (κ1) is 15.0. The molecular formula is C16H19N3O2. The van der Waals surface area contributed by atoms with Gasteiger partial charge in [-0.3, -0.25) is 14.7 Å². The maximum absolute atomic E-state index is 12.1. The summed E-state index contributed by atoms with van der Waals surface area (Å²) in [5, 5.41) is 9.67. The molecular weight excluding hydrogens is 266 g/mol. The lowest BCUT2D eigenvalue weighted by Gasteiger charge is -2.14. The topological polar surface area (TPSA) is 74.8 Å². The first-order valence-corrected chi connectivity index (χ1v) is 6.75. The average molecular weight is 285 g/mol. The van der Waals surface area contributed by atoms with Crippen molar-refractivity contribution in [2.24, 2.45) is 0 Å². The van der Waals surface area contributed by atoms with Crippen LogP contribution in [0.3, 0.4) is 0 Å². The number of nitrogens with one attached hydrogen (secondary N) is 2. The van der Waals surface area contributed by atoms with Gasteiger partial charge in [-0.2, -0.15) is 5.10 Å². The summed E-state index contributed by atoms with van der Waals surface area (Å²) in [5.41, 5.74) is 2.40. The molecule has 2 aromatic rings. The van der Waals surface area contributed by atoms with Crippen molar-refractivity contribution in [3.63, 3.8) is 0 Å². The molecule has 5 nitrogen and oxygen atoms in total. The first-order chi connectivity index (χ1) is 9.77. The van der Waals surface area contributed by atoms with Gasteiger partial charge in [-0.15, -0.1) is 0 Å². The van der Waals surface area contributed by atoms with Crippen LogP contribution < -0.4 is 5.32 Å². The van der Waals surface area contributed by atoms with Crippen LogP contribution in [0.2, 0.25) is 0 Å². The second-order valence-electron chi connectivity index (χ2n) is 6.00. The van der Waals surface area contributed by atoms with Crippen LogP contribution in [-0.2, 0) is 5.41 Å². The van der Waals surface area contributed by atoms with Crippen molar-refractivity contribution < 1.29 is 9.59 Å². The SMILES string of the molecule is CC(=O)c1ccc(NC(=O)c2cc(C(C)(C)C)[nH]n2)cc1. The minimum Gasteiger partial charge on any atom is -0.321 e. The second-order valence-corrected chi connectivity index (χ2v) is 6.00. The smallest absolute Gasteiger partial charge is 0.276 e. The molecule has 0 bridgehead atoms. The van der Waals surface area contributed by atoms with E-state index in [1.165, 1.54) is 6.92 Å². The molecule has 0 aliphatic rings. The minimum absolute atomic E-state index is 0.00463. The Morgan fingerprint density at radius 3 is 2.24 bits per heavy atom. The van der Waals surface area contributed by atoms with Gasteiger partial charge >= 0.3 is 0 Å². The zero-order chi connectivity index (χ0) is 15.6. The highest BCUT2D eigenvalue weighted by atomic mass is 16.2. The van der Waals surface area contributed by atoms with Crippen LogP contribution in [0.15, 0.2) is 30.3 Å². The Morgan fingerprint density at radius 2 is 1.76 bits per heavy atom. The van der Waals surface area contributed by atoms with Crippen molar-refractivity contribution >= 4 is 17.4 Å². The number of ketones is 1. The Labute approximate surface area is 123 Å². The van der Waals surface area contributed by atoms with Crippen molar-refractivity contribution in [2.45, 2.75) is 33.1 Å². The van der Waals surface area contributed by atoms with Crippen LogP contribution in [0.5, 0.6) is 0 Å². The molecule has 0 aliphatic heterocycles. The predicted octanol–water partition coefficient (Wildman–Crippen LogP) is 3.16. The molecule has 1 heterocycles. The molecule has 0 spiro atoms. The number of anilines is 1. The molecule has 0 aliphatic carbocycles. The third-order valence-electron chi connectivity index (χ3n) is 3.17. The van der Waals surface area contributed by atoms with E-state index in [2.05, 4.69) is 15.5 Å². The summed E-state index contributed by atoms with van der Waals surface area (Å²) in [6.07, 6.45) is 0. The maximum atomic E-state index is 12.1. The molecule has 0 radical (unpaired) electrons. The lowest BCUT2D eigenvalue weighted by Crippen LogP contribution is -2.13. The number of aromatic nitrogens is 2. The predicted molar refractivity (Wildman–Crippen MR) is 81.7 cm³/mol. The van der Waals surface area contributed by atoms with Crippen LogP contribution in [0, 0.1) is 0 Å². The molecule has 1 amide bonds. The fourth-order valence-electron chi connectivity index (χ4n) is 1.81. The summed E-state index contributed by atoms with van der Waals surface area (Å²) >= 11 is 0. The molecule has 21 heavy (non-hydrogen) atoms. The number of rotatable bonds is 3. The largest absolute Gasteiger partial charge is 0.321 e. The van der Waals surface area contributed by atoms with E-state index in [0.29, 0.717) is 16.9 Å². The molecule has 1 aromatic heterocycles. The van der Waals surface area contributed by atoms with Crippen molar-refractivity contribution in [2.75, 3.05) is 5.32 Å². The normalized spacial score (nSPS) is 11.2. The number of carbonyl (C=O) groups excluding carboxylic acids is 2. The van der Waals surface area contributed by atoms with Gasteiger partial charge in [0.25, 0.3) is 5.91 Å². The number of aromatic amines is 1. The molecule has 0 saturated heterocycles. The summed E-state index contributed by atoms with van der Waals surface area (Å²) in [4.78, 5) is 23.3. The van der Waals surface area contributed by atoms with E-state index < -0.39 is 0 Å². The number of nitrogens with zero attached hydrogens (tertiary/aromatic N) is 1. The third kappa shape index (κ3) is 3.56. The van der Waals surface area contributed by atoms with E-state index in [1.54, 1.807) is 30.3 Å². The molecule has 0 fully saturated rings. The van der Waals surface area contributed by atoms with Crippen LogP contribution in [-0.4, -0.2) is 21.9 Å². The summed E-state index contributed by atoms with van der Waals surface area (Å²) in [7, 11) is 0. The number of hydrogen-bond acceptors (Lipinski definition) is 3. The van der Waals surface area contributed by atoms with Gasteiger partial charge in [0.1, 0.15) is 0 Å². The Balaban J connectivity index is 2.11. The standard InChI is InChI=1S/C16H19N3O2/c1-10(20)11-5-7-12(8-6-11)17-15(21)13-9-14(19-18-13)16(2,3)4/h5-9H,1-4H3,(H,17,21)(H,18,19). The number of benzene rings is 1. The molecule has 0 saturated carbocycles. The van der Waals surface area contributed by atoms with Gasteiger partial charge in [-0.25, -0.2) is 0 Å². The van der Waals surface area contributed by atoms with Crippen LogP contribution in [0.1, 0.15) is 54.2 Å². The monoisotopic (exact) mass is 285 g/mol. The fraction of sp³-hybridized carbons (Fsp3) is 0.312. The molecule has 5 heteroatoms. The highest BCUT2D eigenvalue weighted by Crippen LogP contribution is 2.20. The van der Waals surface area contributed by atoms with Crippen LogP contribution >= 0.6 is 0 Å². The van der Waals surface area contributed by atoms with E-state index in [4.69, 9.17) is 0 Å². The summed E-state index contributed by atoms with van der Waals surface area (Å²) in [6, 6.07) is 8.52. The van der Waals surface area contributed by atoms with Gasteiger partial charge in [0.15, 0.2) is 11.5 Å². The van der Waals surface area contributed by atoms with E-state index in [1.807, 2.05) is 20.8 Å². The minimum atomic E-state index is -0.280. The van der Waals surface area contributed by atoms with E-state index >= 15 is 0 Å². The number of H-pyrrole nitrogens is 1. The Bertz CT molecular complexity index is 664. The maximum Gasteiger partial charge on any atom is 0.276 e. The average Bonchev–Trinajstić information content (AvgIpc) is 2.88. The summed E-state index contributed by atoms with van der Waals surface area (Å²) in [6.45, 7) is 7.64. The Morgan fingerprint density at radius 1 is 1.14 bits per heavy atom. The van der Waals surface area contributed by atoms with Crippen molar-refractivity contribution in [1.82, 2.24) is 10.2 Å². The van der Waals surface area contributed by atoms with Gasteiger partial charge in [0.2, 0.25) is 0 Å². The first-order valence-electron chi connectivity index (χ1n) is 6.75. The molecule has 2 rings (SSSR count). The number of amides is 1. The molecule has 0 atom stereocenters. The molecule has 0 unspecified atom stereocenters. The van der Waals surface area contributed by atoms with Gasteiger partial charge in [0, 0.05) is 22.4 Å².